The molecule has 0 aliphatic rings. The number of carbonyl (C=O) groups excluding carboxylic acids is 1. The Labute approximate surface area is 78.1 Å². The highest BCUT2D eigenvalue weighted by molar-refractivity contribution is 5.80. The van der Waals surface area contributed by atoms with E-state index in [1.165, 1.54) is 0 Å². The second-order valence-corrected chi connectivity index (χ2v) is 2.95. The molecule has 1 aromatic heterocycles. The van der Waals surface area contributed by atoms with Crippen molar-refractivity contribution in [3.8, 4) is 0 Å². The molecule has 1 aromatic rings. The average Bonchev–Trinajstić information content (AvgIpc) is 2.57. The molecule has 72 valence electrons. The van der Waals surface area contributed by atoms with Crippen LogP contribution in [0.4, 0.5) is 0 Å². The Balaban J connectivity index is 2.18. The molecule has 0 amide bonds. The number of hydrogen-bond donors (Lipinski definition) is 1. The Morgan fingerprint density at radius 2 is 2.46 bits per heavy atom. The largest absolute Gasteiger partial charge is 0.472 e. The fourth-order valence-corrected chi connectivity index (χ4v) is 1.11. The van der Waals surface area contributed by atoms with Crippen molar-refractivity contribution in [2.75, 3.05) is 13.1 Å². The lowest BCUT2D eigenvalue weighted by atomic mass is 10.1. The molecule has 0 saturated carbocycles. The van der Waals surface area contributed by atoms with Crippen LogP contribution in [0.3, 0.4) is 0 Å². The van der Waals surface area contributed by atoms with Crippen molar-refractivity contribution in [1.82, 2.24) is 5.32 Å². The van der Waals surface area contributed by atoms with Crippen molar-refractivity contribution in [3.63, 3.8) is 0 Å². The number of ketones is 1. The molecule has 0 spiro atoms. The van der Waals surface area contributed by atoms with Gasteiger partial charge in [-0.2, -0.15) is 0 Å². The predicted molar refractivity (Wildman–Crippen MR) is 50.6 cm³/mol. The zero-order valence-corrected chi connectivity index (χ0v) is 7.88. The molecule has 1 heterocycles. The zero-order valence-electron chi connectivity index (χ0n) is 7.88. The first-order chi connectivity index (χ1) is 6.33. The van der Waals surface area contributed by atoms with Crippen LogP contribution in [0.5, 0.6) is 0 Å². The Morgan fingerprint density at radius 3 is 3.08 bits per heavy atom. The molecule has 0 unspecified atom stereocenters. The molecule has 0 fully saturated rings. The highest BCUT2D eigenvalue weighted by Gasteiger charge is 2.03. The smallest absolute Gasteiger partial charge is 0.138 e. The third-order valence-electron chi connectivity index (χ3n) is 1.81. The van der Waals surface area contributed by atoms with Crippen molar-refractivity contribution in [2.24, 2.45) is 0 Å². The second kappa shape index (κ2) is 5.54. The van der Waals surface area contributed by atoms with Gasteiger partial charge in [0.25, 0.3) is 0 Å². The summed E-state index contributed by atoms with van der Waals surface area (Å²) in [5.74, 6) is 0.252. The number of Topliss-reactive ketones (excluding diaryl/α,β-unsaturated/α-hetero) is 1. The van der Waals surface area contributed by atoms with Crippen LogP contribution in [0.25, 0.3) is 0 Å². The first-order valence-corrected chi connectivity index (χ1v) is 4.56. The van der Waals surface area contributed by atoms with E-state index in [1.54, 1.807) is 12.5 Å². The standard InChI is InChI=1S/C10H15NO2/c1-2-11-5-3-10(12)7-9-4-6-13-8-9/h4,6,8,11H,2-3,5,7H2,1H3. The van der Waals surface area contributed by atoms with E-state index in [0.29, 0.717) is 12.8 Å². The van der Waals surface area contributed by atoms with E-state index in [9.17, 15) is 4.79 Å². The van der Waals surface area contributed by atoms with Crippen LogP contribution >= 0.6 is 0 Å². The van der Waals surface area contributed by atoms with Crippen LogP contribution in [-0.4, -0.2) is 18.9 Å². The molecule has 1 rings (SSSR count). The van der Waals surface area contributed by atoms with E-state index < -0.39 is 0 Å². The van der Waals surface area contributed by atoms with Crippen LogP contribution in [0.2, 0.25) is 0 Å². The first kappa shape index (κ1) is 9.99. The number of hydrogen-bond acceptors (Lipinski definition) is 3. The fraction of sp³-hybridized carbons (Fsp3) is 0.500. The van der Waals surface area contributed by atoms with Gasteiger partial charge in [0.05, 0.1) is 12.5 Å². The molecule has 0 aliphatic heterocycles. The van der Waals surface area contributed by atoms with Crippen molar-refractivity contribution in [2.45, 2.75) is 19.8 Å². The van der Waals surface area contributed by atoms with Gasteiger partial charge in [-0.1, -0.05) is 6.92 Å². The van der Waals surface area contributed by atoms with Crippen LogP contribution in [0.15, 0.2) is 23.0 Å². The zero-order chi connectivity index (χ0) is 9.52. The minimum absolute atomic E-state index is 0.252. The SMILES string of the molecule is CCNCCC(=O)Cc1ccoc1. The molecule has 0 aromatic carbocycles. The molecule has 3 heteroatoms. The molecular formula is C10H15NO2. The summed E-state index contributed by atoms with van der Waals surface area (Å²) in [6.07, 6.45) is 4.29. The molecule has 0 aliphatic carbocycles. The van der Waals surface area contributed by atoms with Gasteiger partial charge in [0, 0.05) is 19.4 Å². The molecule has 0 radical (unpaired) electrons. The normalized spacial score (nSPS) is 10.2. The summed E-state index contributed by atoms with van der Waals surface area (Å²) in [6, 6.07) is 1.82. The monoisotopic (exact) mass is 181 g/mol. The average molecular weight is 181 g/mol. The van der Waals surface area contributed by atoms with Crippen LogP contribution in [-0.2, 0) is 11.2 Å². The van der Waals surface area contributed by atoms with Crippen LogP contribution in [0.1, 0.15) is 18.9 Å². The third kappa shape index (κ3) is 3.90. The van der Waals surface area contributed by atoms with E-state index in [4.69, 9.17) is 4.42 Å². The molecular weight excluding hydrogens is 166 g/mol. The number of rotatable bonds is 6. The molecule has 0 atom stereocenters. The number of carbonyl (C=O) groups is 1. The van der Waals surface area contributed by atoms with Crippen molar-refractivity contribution < 1.29 is 9.21 Å². The summed E-state index contributed by atoms with van der Waals surface area (Å²) in [5.41, 5.74) is 0.960. The molecule has 1 N–H and O–H groups in total. The maximum absolute atomic E-state index is 11.3. The summed E-state index contributed by atoms with van der Waals surface area (Å²) in [5, 5.41) is 3.11. The lowest BCUT2D eigenvalue weighted by Crippen LogP contribution is -2.18. The quantitative estimate of drug-likeness (QED) is 0.674. The van der Waals surface area contributed by atoms with E-state index in [-0.39, 0.29) is 5.78 Å². The van der Waals surface area contributed by atoms with Gasteiger partial charge >= 0.3 is 0 Å². The van der Waals surface area contributed by atoms with E-state index in [1.807, 2.05) is 13.0 Å². The number of furan rings is 1. The maximum atomic E-state index is 11.3. The summed E-state index contributed by atoms with van der Waals surface area (Å²) >= 11 is 0. The van der Waals surface area contributed by atoms with Gasteiger partial charge in [0.2, 0.25) is 0 Å². The summed E-state index contributed by atoms with van der Waals surface area (Å²) < 4.78 is 4.87. The Bertz CT molecular complexity index is 241. The summed E-state index contributed by atoms with van der Waals surface area (Å²) in [7, 11) is 0. The molecule has 3 nitrogen and oxygen atoms in total. The summed E-state index contributed by atoms with van der Waals surface area (Å²) in [6.45, 7) is 3.72. The lowest BCUT2D eigenvalue weighted by Gasteiger charge is -1.99. The molecule has 0 saturated heterocycles. The Kier molecular flexibility index (Phi) is 4.26. The predicted octanol–water partition coefficient (Wildman–Crippen LogP) is 1.39. The Morgan fingerprint density at radius 1 is 1.62 bits per heavy atom. The van der Waals surface area contributed by atoms with Crippen LogP contribution < -0.4 is 5.32 Å². The minimum Gasteiger partial charge on any atom is -0.472 e. The van der Waals surface area contributed by atoms with Crippen molar-refractivity contribution >= 4 is 5.78 Å². The molecule has 0 bridgehead atoms. The lowest BCUT2D eigenvalue weighted by molar-refractivity contribution is -0.118. The van der Waals surface area contributed by atoms with E-state index in [2.05, 4.69) is 5.32 Å². The van der Waals surface area contributed by atoms with Gasteiger partial charge in [0.15, 0.2) is 0 Å². The van der Waals surface area contributed by atoms with E-state index >= 15 is 0 Å². The van der Waals surface area contributed by atoms with Crippen molar-refractivity contribution in [3.05, 3.63) is 24.2 Å². The number of nitrogens with one attached hydrogen (secondary N) is 1. The highest BCUT2D eigenvalue weighted by atomic mass is 16.3. The summed E-state index contributed by atoms with van der Waals surface area (Å²) in [4.78, 5) is 11.3. The van der Waals surface area contributed by atoms with Gasteiger partial charge in [-0.25, -0.2) is 0 Å². The second-order valence-electron chi connectivity index (χ2n) is 2.95. The van der Waals surface area contributed by atoms with Gasteiger partial charge < -0.3 is 9.73 Å². The Hall–Kier alpha value is -1.09. The topological polar surface area (TPSA) is 42.2 Å². The molecule has 13 heavy (non-hydrogen) atoms. The van der Waals surface area contributed by atoms with Gasteiger partial charge in [-0.3, -0.25) is 4.79 Å². The maximum Gasteiger partial charge on any atom is 0.138 e. The fourth-order valence-electron chi connectivity index (χ4n) is 1.11. The third-order valence-corrected chi connectivity index (χ3v) is 1.81. The van der Waals surface area contributed by atoms with Crippen molar-refractivity contribution in [1.29, 1.82) is 0 Å². The highest BCUT2D eigenvalue weighted by Crippen LogP contribution is 2.02. The van der Waals surface area contributed by atoms with Crippen LogP contribution in [0, 0.1) is 0 Å². The van der Waals surface area contributed by atoms with Gasteiger partial charge in [-0.15, -0.1) is 0 Å². The minimum atomic E-state index is 0.252. The first-order valence-electron chi connectivity index (χ1n) is 4.56. The van der Waals surface area contributed by atoms with Gasteiger partial charge in [0.1, 0.15) is 5.78 Å². The van der Waals surface area contributed by atoms with Gasteiger partial charge in [-0.05, 0) is 18.2 Å². The van der Waals surface area contributed by atoms with E-state index in [0.717, 1.165) is 18.7 Å².